The fourth-order valence-corrected chi connectivity index (χ4v) is 4.29. The molecule has 1 aliphatic heterocycles. The molecule has 0 aliphatic carbocycles. The molecule has 2 heterocycles. The number of carbonyl (C=O) groups is 1. The number of likely N-dealkylation sites (tertiary alicyclic amines) is 1. The zero-order valence-corrected chi connectivity index (χ0v) is 15.7. The summed E-state index contributed by atoms with van der Waals surface area (Å²) in [4.78, 5) is 20.6. The Kier molecular flexibility index (Phi) is 4.98. The Morgan fingerprint density at radius 2 is 1.88 bits per heavy atom. The lowest BCUT2D eigenvalue weighted by Gasteiger charge is -2.31. The number of hydrogen-bond acceptors (Lipinski definition) is 4. The molecule has 0 N–H and O–H groups in total. The Balaban J connectivity index is 1.45. The molecule has 1 amide bonds. The largest absolute Gasteiger partial charge is 0.440 e. The van der Waals surface area contributed by atoms with Crippen molar-refractivity contribution in [2.45, 2.75) is 30.6 Å². The Hall–Kier alpha value is -2.27. The van der Waals surface area contributed by atoms with Crippen LogP contribution in [0.3, 0.4) is 0 Å². The summed E-state index contributed by atoms with van der Waals surface area (Å²) in [6.45, 7) is 3.60. The van der Waals surface area contributed by atoms with Crippen molar-refractivity contribution in [1.82, 2.24) is 9.88 Å². The molecule has 4 rings (SSSR count). The zero-order chi connectivity index (χ0) is 17.9. The minimum Gasteiger partial charge on any atom is -0.440 e. The van der Waals surface area contributed by atoms with E-state index in [2.05, 4.69) is 11.9 Å². The van der Waals surface area contributed by atoms with Crippen molar-refractivity contribution in [2.24, 2.45) is 0 Å². The summed E-state index contributed by atoms with van der Waals surface area (Å²) in [6.07, 6.45) is 1.78. The molecule has 4 nitrogen and oxygen atoms in total. The highest BCUT2D eigenvalue weighted by molar-refractivity contribution is 7.99. The first kappa shape index (κ1) is 17.2. The number of benzene rings is 2. The quantitative estimate of drug-likeness (QED) is 0.612. The molecule has 0 bridgehead atoms. The van der Waals surface area contributed by atoms with Crippen molar-refractivity contribution in [3.63, 3.8) is 0 Å². The number of hydrogen-bond donors (Lipinski definition) is 0. The van der Waals surface area contributed by atoms with Gasteiger partial charge in [0.15, 0.2) is 11.5 Å². The molecule has 134 valence electrons. The number of oxazole rings is 1. The van der Waals surface area contributed by atoms with Gasteiger partial charge in [0.1, 0.15) is 5.52 Å². The fraction of sp³-hybridized carbons (Fsp3) is 0.333. The molecule has 0 atom stereocenters. The minimum absolute atomic E-state index is 0.137. The predicted molar refractivity (Wildman–Crippen MR) is 105 cm³/mol. The van der Waals surface area contributed by atoms with Gasteiger partial charge in [-0.2, -0.15) is 0 Å². The third-order valence-electron chi connectivity index (χ3n) is 4.86. The van der Waals surface area contributed by atoms with E-state index in [4.69, 9.17) is 4.42 Å². The lowest BCUT2D eigenvalue weighted by atomic mass is 9.96. The van der Waals surface area contributed by atoms with Crippen LogP contribution in [0.25, 0.3) is 11.1 Å². The maximum absolute atomic E-state index is 13.0. The summed E-state index contributed by atoms with van der Waals surface area (Å²) >= 11 is 1.72. The Morgan fingerprint density at radius 3 is 2.65 bits per heavy atom. The topological polar surface area (TPSA) is 46.3 Å². The summed E-state index contributed by atoms with van der Waals surface area (Å²) in [5, 5.41) is 0. The number of piperidine rings is 1. The van der Waals surface area contributed by atoms with Gasteiger partial charge in [-0.05, 0) is 42.9 Å². The van der Waals surface area contributed by atoms with E-state index in [1.54, 1.807) is 11.8 Å². The van der Waals surface area contributed by atoms with E-state index in [9.17, 15) is 4.79 Å². The number of thioether (sulfide) groups is 1. The summed E-state index contributed by atoms with van der Waals surface area (Å²) in [5.41, 5.74) is 2.57. The van der Waals surface area contributed by atoms with Gasteiger partial charge in [-0.3, -0.25) is 4.79 Å². The van der Waals surface area contributed by atoms with Gasteiger partial charge in [-0.1, -0.05) is 31.2 Å². The molecular weight excluding hydrogens is 344 g/mol. The Labute approximate surface area is 157 Å². The van der Waals surface area contributed by atoms with Crippen LogP contribution < -0.4 is 0 Å². The Bertz CT molecular complexity index is 880. The standard InChI is InChI=1S/C21H22N2O2S/c1-2-26-19-10-6-3-7-16(19)21(24)23-13-11-15(12-14-23)20-22-17-8-4-5-9-18(17)25-20/h3-10,15H,2,11-14H2,1H3. The molecule has 5 heteroatoms. The number of aromatic nitrogens is 1. The average molecular weight is 366 g/mol. The van der Waals surface area contributed by atoms with Gasteiger partial charge < -0.3 is 9.32 Å². The summed E-state index contributed by atoms with van der Waals surface area (Å²) in [5.74, 6) is 2.19. The van der Waals surface area contributed by atoms with Gasteiger partial charge in [0.05, 0.1) is 5.56 Å². The average Bonchev–Trinajstić information content (AvgIpc) is 3.12. The number of para-hydroxylation sites is 2. The third-order valence-corrected chi connectivity index (χ3v) is 5.81. The second-order valence-corrected chi connectivity index (χ2v) is 7.82. The first-order valence-electron chi connectivity index (χ1n) is 9.13. The van der Waals surface area contributed by atoms with Crippen LogP contribution in [0.1, 0.15) is 41.9 Å². The molecule has 3 aromatic rings. The number of amides is 1. The third kappa shape index (κ3) is 3.36. The summed E-state index contributed by atoms with van der Waals surface area (Å²) in [6, 6.07) is 15.8. The molecule has 2 aromatic carbocycles. The van der Waals surface area contributed by atoms with Crippen LogP contribution >= 0.6 is 11.8 Å². The van der Waals surface area contributed by atoms with Gasteiger partial charge in [0, 0.05) is 23.9 Å². The number of carbonyl (C=O) groups excluding carboxylic acids is 1. The normalized spacial score (nSPS) is 15.5. The SMILES string of the molecule is CCSc1ccccc1C(=O)N1CCC(c2nc3ccccc3o2)CC1. The smallest absolute Gasteiger partial charge is 0.254 e. The minimum atomic E-state index is 0.137. The molecule has 0 spiro atoms. The maximum Gasteiger partial charge on any atom is 0.254 e. The van der Waals surface area contributed by atoms with Crippen LogP contribution in [-0.4, -0.2) is 34.6 Å². The van der Waals surface area contributed by atoms with Gasteiger partial charge in [0.25, 0.3) is 5.91 Å². The second-order valence-electron chi connectivity index (χ2n) is 6.52. The van der Waals surface area contributed by atoms with Crippen molar-refractivity contribution >= 4 is 28.8 Å². The highest BCUT2D eigenvalue weighted by Gasteiger charge is 2.28. The van der Waals surface area contributed by atoms with E-state index < -0.39 is 0 Å². The molecule has 0 saturated carbocycles. The van der Waals surface area contributed by atoms with Crippen LogP contribution in [0.5, 0.6) is 0 Å². The molecule has 1 aromatic heterocycles. The first-order chi connectivity index (χ1) is 12.8. The lowest BCUT2D eigenvalue weighted by molar-refractivity contribution is 0.0703. The number of rotatable bonds is 4. The fourth-order valence-electron chi connectivity index (χ4n) is 3.49. The van der Waals surface area contributed by atoms with E-state index in [-0.39, 0.29) is 11.8 Å². The molecule has 26 heavy (non-hydrogen) atoms. The second kappa shape index (κ2) is 7.54. The van der Waals surface area contributed by atoms with Gasteiger partial charge in [-0.15, -0.1) is 11.8 Å². The zero-order valence-electron chi connectivity index (χ0n) is 14.9. The van der Waals surface area contributed by atoms with Crippen molar-refractivity contribution in [1.29, 1.82) is 0 Å². The molecular formula is C21H22N2O2S. The van der Waals surface area contributed by atoms with Crippen molar-refractivity contribution in [2.75, 3.05) is 18.8 Å². The van der Waals surface area contributed by atoms with Gasteiger partial charge in [-0.25, -0.2) is 4.98 Å². The molecule has 1 fully saturated rings. The monoisotopic (exact) mass is 366 g/mol. The van der Waals surface area contributed by atoms with Crippen LogP contribution in [0.2, 0.25) is 0 Å². The van der Waals surface area contributed by atoms with Crippen LogP contribution in [0.15, 0.2) is 57.8 Å². The van der Waals surface area contributed by atoms with Crippen molar-refractivity contribution in [3.05, 3.63) is 60.0 Å². The molecule has 1 saturated heterocycles. The molecule has 0 radical (unpaired) electrons. The molecule has 1 aliphatic rings. The lowest BCUT2D eigenvalue weighted by Crippen LogP contribution is -2.38. The summed E-state index contributed by atoms with van der Waals surface area (Å²) in [7, 11) is 0. The first-order valence-corrected chi connectivity index (χ1v) is 10.1. The van der Waals surface area contributed by atoms with E-state index in [0.29, 0.717) is 0 Å². The van der Waals surface area contributed by atoms with Crippen LogP contribution in [0.4, 0.5) is 0 Å². The van der Waals surface area contributed by atoms with Gasteiger partial charge in [0.2, 0.25) is 0 Å². The van der Waals surface area contributed by atoms with E-state index >= 15 is 0 Å². The predicted octanol–water partition coefficient (Wildman–Crippen LogP) is 4.96. The van der Waals surface area contributed by atoms with Crippen molar-refractivity contribution < 1.29 is 9.21 Å². The van der Waals surface area contributed by atoms with E-state index in [0.717, 1.165) is 59.1 Å². The highest BCUT2D eigenvalue weighted by atomic mass is 32.2. The highest BCUT2D eigenvalue weighted by Crippen LogP contribution is 2.31. The Morgan fingerprint density at radius 1 is 1.15 bits per heavy atom. The number of fused-ring (bicyclic) bond motifs is 1. The molecule has 0 unspecified atom stereocenters. The van der Waals surface area contributed by atoms with Gasteiger partial charge >= 0.3 is 0 Å². The van der Waals surface area contributed by atoms with E-state index in [1.165, 1.54) is 0 Å². The maximum atomic E-state index is 13.0. The van der Waals surface area contributed by atoms with Crippen LogP contribution in [-0.2, 0) is 0 Å². The van der Waals surface area contributed by atoms with Crippen LogP contribution in [0, 0.1) is 0 Å². The number of nitrogens with zero attached hydrogens (tertiary/aromatic N) is 2. The van der Waals surface area contributed by atoms with E-state index in [1.807, 2.05) is 53.4 Å². The van der Waals surface area contributed by atoms with Crippen molar-refractivity contribution in [3.8, 4) is 0 Å². The summed E-state index contributed by atoms with van der Waals surface area (Å²) < 4.78 is 5.92.